The molecular formula is C50H29N3OS. The lowest BCUT2D eigenvalue weighted by atomic mass is 9.87. The van der Waals surface area contributed by atoms with E-state index in [1.165, 1.54) is 64.1 Å². The summed E-state index contributed by atoms with van der Waals surface area (Å²) in [6.45, 7) is 0. The van der Waals surface area contributed by atoms with E-state index in [2.05, 4.69) is 168 Å². The summed E-state index contributed by atoms with van der Waals surface area (Å²) in [4.78, 5) is 12.3. The highest BCUT2D eigenvalue weighted by Gasteiger charge is 2.36. The van der Waals surface area contributed by atoms with Crippen LogP contribution in [0.3, 0.4) is 0 Å². The molecule has 4 nitrogen and oxygen atoms in total. The smallest absolute Gasteiger partial charge is 0.165 e. The van der Waals surface area contributed by atoms with Crippen LogP contribution in [-0.4, -0.2) is 20.6 Å². The highest BCUT2D eigenvalue weighted by molar-refractivity contribution is 7.25. The number of rotatable bonds is 2. The van der Waals surface area contributed by atoms with E-state index in [0.717, 1.165) is 49.6 Å². The standard InChI is InChI=1S/C50H29N3OS/c1-2-13-29-27-40-38(26-28(29)12-1)46-39(25-24-34-32-16-4-3-14-30(32)31-15-5-6-17-33(31)45(34)46)53(40)49-47(52-50-48(51-49)36-19-8-10-23-43(36)55-50)37-20-11-22-42-44(37)35-18-7-9-21-41(35)54-42/h1-27,35,41H. The van der Waals surface area contributed by atoms with E-state index < -0.39 is 0 Å². The summed E-state index contributed by atoms with van der Waals surface area (Å²) in [5.74, 6) is 1.82. The monoisotopic (exact) mass is 719 g/mol. The third-order valence-corrected chi connectivity index (χ3v) is 13.0. The zero-order valence-corrected chi connectivity index (χ0v) is 30.2. The van der Waals surface area contributed by atoms with E-state index in [4.69, 9.17) is 14.7 Å². The number of hydrogen-bond acceptors (Lipinski definition) is 4. The fraction of sp³-hybridized carbons (Fsp3) is 0.0400. The molecule has 11 aromatic rings. The predicted octanol–water partition coefficient (Wildman–Crippen LogP) is 13.2. The average molecular weight is 720 g/mol. The summed E-state index contributed by atoms with van der Waals surface area (Å²) in [5.41, 5.74) is 6.22. The van der Waals surface area contributed by atoms with Crippen LogP contribution < -0.4 is 4.74 Å². The summed E-state index contributed by atoms with van der Waals surface area (Å²) < 4.78 is 10.1. The SMILES string of the molecule is C1=CC2Oc3cccc(-c4nc5sc6ccccc6c5nc4-n4c5cc6ccccc6cc5c5c6c7ccccc7c7ccccc7c6ccc54)c3C2C=C1. The molecule has 13 rings (SSSR count). The van der Waals surface area contributed by atoms with E-state index in [9.17, 15) is 0 Å². The van der Waals surface area contributed by atoms with Crippen LogP contribution in [0.1, 0.15) is 11.5 Å². The third-order valence-electron chi connectivity index (χ3n) is 11.9. The minimum absolute atomic E-state index is 0.0420. The van der Waals surface area contributed by atoms with Gasteiger partial charge in [-0.25, -0.2) is 9.97 Å². The van der Waals surface area contributed by atoms with Gasteiger partial charge in [-0.3, -0.25) is 4.57 Å². The number of aromatic nitrogens is 3. The summed E-state index contributed by atoms with van der Waals surface area (Å²) in [7, 11) is 0. The van der Waals surface area contributed by atoms with Crippen molar-refractivity contribution in [2.45, 2.75) is 12.0 Å². The maximum Gasteiger partial charge on any atom is 0.165 e. The number of nitrogens with zero attached hydrogens (tertiary/aromatic N) is 3. The van der Waals surface area contributed by atoms with Crippen molar-refractivity contribution in [1.82, 2.24) is 14.5 Å². The summed E-state index contributed by atoms with van der Waals surface area (Å²) in [6.07, 6.45) is 8.60. The predicted molar refractivity (Wildman–Crippen MR) is 230 cm³/mol. The lowest BCUT2D eigenvalue weighted by molar-refractivity contribution is 0.269. The minimum atomic E-state index is -0.0420. The second-order valence-electron chi connectivity index (χ2n) is 14.8. The Balaban J connectivity index is 1.24. The van der Waals surface area contributed by atoms with Crippen molar-refractivity contribution in [1.29, 1.82) is 0 Å². The fourth-order valence-corrected chi connectivity index (χ4v) is 10.6. The number of benzene rings is 8. The molecule has 1 aliphatic carbocycles. The molecule has 8 aromatic carbocycles. The molecule has 2 aliphatic rings. The molecule has 2 unspecified atom stereocenters. The van der Waals surface area contributed by atoms with Gasteiger partial charge in [0.15, 0.2) is 5.82 Å². The van der Waals surface area contributed by atoms with Crippen LogP contribution in [0.2, 0.25) is 0 Å². The second kappa shape index (κ2) is 10.9. The zero-order valence-electron chi connectivity index (χ0n) is 29.4. The van der Waals surface area contributed by atoms with Gasteiger partial charge in [-0.15, -0.1) is 11.3 Å². The number of thiophene rings is 1. The Hall–Kier alpha value is -6.82. The fourth-order valence-electron chi connectivity index (χ4n) is 9.57. The molecule has 0 spiro atoms. The summed E-state index contributed by atoms with van der Waals surface area (Å²) in [6, 6.07) is 50.7. The van der Waals surface area contributed by atoms with Crippen LogP contribution in [0, 0.1) is 0 Å². The van der Waals surface area contributed by atoms with Gasteiger partial charge in [0.1, 0.15) is 27.9 Å². The molecule has 3 aromatic heterocycles. The topological polar surface area (TPSA) is 39.9 Å². The molecule has 2 atom stereocenters. The Morgan fingerprint density at radius 2 is 1.24 bits per heavy atom. The first kappa shape index (κ1) is 29.6. The van der Waals surface area contributed by atoms with E-state index >= 15 is 0 Å². The van der Waals surface area contributed by atoms with Crippen molar-refractivity contribution in [2.24, 2.45) is 0 Å². The Kier molecular flexibility index (Phi) is 5.86. The molecule has 0 amide bonds. The third kappa shape index (κ3) is 4.00. The first-order valence-electron chi connectivity index (χ1n) is 18.8. The molecule has 0 radical (unpaired) electrons. The largest absolute Gasteiger partial charge is 0.485 e. The second-order valence-corrected chi connectivity index (χ2v) is 15.8. The molecule has 256 valence electrons. The number of ether oxygens (including phenoxy) is 1. The van der Waals surface area contributed by atoms with Gasteiger partial charge in [0.05, 0.1) is 11.0 Å². The normalized spacial score (nSPS) is 16.4. The van der Waals surface area contributed by atoms with Gasteiger partial charge >= 0.3 is 0 Å². The number of hydrogen-bond donors (Lipinski definition) is 0. The maximum atomic E-state index is 6.56. The van der Waals surface area contributed by atoms with E-state index in [1.807, 2.05) is 0 Å². The van der Waals surface area contributed by atoms with Crippen LogP contribution in [0.15, 0.2) is 164 Å². The zero-order chi connectivity index (χ0) is 35.8. The Morgan fingerprint density at radius 1 is 0.545 bits per heavy atom. The number of fused-ring (bicyclic) bond motifs is 17. The summed E-state index contributed by atoms with van der Waals surface area (Å²) in [5, 5.41) is 13.5. The van der Waals surface area contributed by atoms with Gasteiger partial charge in [-0.2, -0.15) is 0 Å². The van der Waals surface area contributed by atoms with E-state index in [-0.39, 0.29) is 12.0 Å². The van der Waals surface area contributed by atoms with E-state index in [0.29, 0.717) is 0 Å². The average Bonchev–Trinajstić information content (AvgIpc) is 3.91. The Morgan fingerprint density at radius 3 is 2.07 bits per heavy atom. The van der Waals surface area contributed by atoms with Crippen LogP contribution in [0.25, 0.3) is 102 Å². The first-order valence-corrected chi connectivity index (χ1v) is 19.6. The molecule has 0 saturated carbocycles. The van der Waals surface area contributed by atoms with Gasteiger partial charge in [-0.1, -0.05) is 127 Å². The molecular weight excluding hydrogens is 691 g/mol. The van der Waals surface area contributed by atoms with Gasteiger partial charge in [0, 0.05) is 43.3 Å². The molecule has 0 fully saturated rings. The lowest BCUT2D eigenvalue weighted by Gasteiger charge is -2.18. The molecule has 0 bridgehead atoms. The van der Waals surface area contributed by atoms with Gasteiger partial charge in [0.2, 0.25) is 0 Å². The number of allylic oxidation sites excluding steroid dienone is 2. The van der Waals surface area contributed by atoms with Crippen molar-refractivity contribution in [3.8, 4) is 22.8 Å². The molecule has 4 heterocycles. The molecule has 55 heavy (non-hydrogen) atoms. The van der Waals surface area contributed by atoms with Gasteiger partial charge < -0.3 is 4.74 Å². The van der Waals surface area contributed by atoms with Crippen molar-refractivity contribution in [3.63, 3.8) is 0 Å². The van der Waals surface area contributed by atoms with Crippen LogP contribution in [-0.2, 0) is 0 Å². The van der Waals surface area contributed by atoms with Crippen LogP contribution in [0.5, 0.6) is 5.75 Å². The molecule has 5 heteroatoms. The van der Waals surface area contributed by atoms with Gasteiger partial charge in [-0.05, 0) is 74.1 Å². The lowest BCUT2D eigenvalue weighted by Crippen LogP contribution is -2.16. The highest BCUT2D eigenvalue weighted by Crippen LogP contribution is 2.49. The van der Waals surface area contributed by atoms with Crippen molar-refractivity contribution >= 4 is 96.7 Å². The Labute approximate surface area is 318 Å². The van der Waals surface area contributed by atoms with Gasteiger partial charge in [0.25, 0.3) is 0 Å². The maximum absolute atomic E-state index is 6.56. The van der Waals surface area contributed by atoms with Crippen molar-refractivity contribution in [3.05, 3.63) is 169 Å². The van der Waals surface area contributed by atoms with Crippen LogP contribution >= 0.6 is 11.3 Å². The quantitative estimate of drug-likeness (QED) is 0.167. The van der Waals surface area contributed by atoms with E-state index in [1.54, 1.807) is 11.3 Å². The summed E-state index contributed by atoms with van der Waals surface area (Å²) >= 11 is 1.71. The molecule has 0 saturated heterocycles. The van der Waals surface area contributed by atoms with Crippen molar-refractivity contribution in [2.75, 3.05) is 0 Å². The van der Waals surface area contributed by atoms with Crippen molar-refractivity contribution < 1.29 is 4.74 Å². The minimum Gasteiger partial charge on any atom is -0.485 e. The first-order chi connectivity index (χ1) is 27.3. The van der Waals surface area contributed by atoms with Crippen LogP contribution in [0.4, 0.5) is 0 Å². The highest BCUT2D eigenvalue weighted by atomic mass is 32.1. The Bertz CT molecular complexity index is 3520. The molecule has 1 aliphatic heterocycles. The molecule has 0 N–H and O–H groups in total.